The SMILES string of the molecule is CCCCCCC/C=C\C/C=C\C/C=C\CCCCCCCCCCC(=O)NC(COC1OC(CO)C(OC2OC(CO)C(OC3OC(CO)C(O)C(O)C3O)C(O)C2O)C(O)C1O)C(O)/C=C/CC/C=C/CCCCCCCCCCC. The molecule has 0 spiro atoms. The quantitative estimate of drug-likeness (QED) is 0.0220. The van der Waals surface area contributed by atoms with Crippen molar-refractivity contribution in [1.82, 2.24) is 5.32 Å². The highest BCUT2D eigenvalue weighted by Crippen LogP contribution is 2.33. The predicted molar refractivity (Wildman–Crippen MR) is 318 cm³/mol. The lowest BCUT2D eigenvalue weighted by Gasteiger charge is -2.48. The van der Waals surface area contributed by atoms with E-state index in [1.165, 1.54) is 109 Å². The largest absolute Gasteiger partial charge is 0.394 e. The first-order valence-corrected chi connectivity index (χ1v) is 32.0. The number of ether oxygens (including phenoxy) is 6. The predicted octanol–water partition coefficient (Wildman–Crippen LogP) is 6.82. The fourth-order valence-corrected chi connectivity index (χ4v) is 10.5. The maximum Gasteiger partial charge on any atom is 0.220 e. The Bertz CT molecular complexity index is 1750. The normalized spacial score (nSPS) is 29.8. The number of rotatable bonds is 47. The van der Waals surface area contributed by atoms with Crippen molar-refractivity contribution in [2.45, 2.75) is 311 Å². The highest BCUT2D eigenvalue weighted by Gasteiger charge is 2.53. The van der Waals surface area contributed by atoms with Gasteiger partial charge in [0.1, 0.15) is 73.2 Å². The van der Waals surface area contributed by atoms with Crippen LogP contribution in [0.1, 0.15) is 206 Å². The molecule has 0 saturated carbocycles. The van der Waals surface area contributed by atoms with Crippen LogP contribution < -0.4 is 5.32 Å². The van der Waals surface area contributed by atoms with Crippen LogP contribution in [0.4, 0.5) is 0 Å². The van der Waals surface area contributed by atoms with Crippen molar-refractivity contribution in [3.8, 4) is 0 Å². The van der Waals surface area contributed by atoms with E-state index in [-0.39, 0.29) is 18.9 Å². The molecular weight excluding hydrogens is 1070 g/mol. The second kappa shape index (κ2) is 46.6. The van der Waals surface area contributed by atoms with Gasteiger partial charge in [0, 0.05) is 6.42 Å². The molecule has 12 N–H and O–H groups in total. The van der Waals surface area contributed by atoms with Crippen LogP contribution in [-0.2, 0) is 33.2 Å². The first-order valence-electron chi connectivity index (χ1n) is 32.0. The Labute approximate surface area is 496 Å². The van der Waals surface area contributed by atoms with Gasteiger partial charge in [-0.25, -0.2) is 0 Å². The zero-order valence-electron chi connectivity index (χ0n) is 50.4. The molecule has 1 amide bonds. The van der Waals surface area contributed by atoms with Crippen LogP contribution in [0.5, 0.6) is 0 Å². The number of amides is 1. The summed E-state index contributed by atoms with van der Waals surface area (Å²) in [6.07, 6.45) is 27.7. The molecule has 19 nitrogen and oxygen atoms in total. The first kappa shape index (κ1) is 74.7. The molecule has 0 aromatic rings. The second-order valence-corrected chi connectivity index (χ2v) is 22.9. The van der Waals surface area contributed by atoms with E-state index in [0.717, 1.165) is 64.2 Å². The highest BCUT2D eigenvalue weighted by atomic mass is 16.8. The molecular formula is C64H113NO18. The molecule has 0 aromatic heterocycles. The molecule has 19 heteroatoms. The van der Waals surface area contributed by atoms with Crippen LogP contribution >= 0.6 is 0 Å². The fourth-order valence-electron chi connectivity index (χ4n) is 10.5. The smallest absolute Gasteiger partial charge is 0.220 e. The van der Waals surface area contributed by atoms with Gasteiger partial charge in [0.25, 0.3) is 0 Å². The van der Waals surface area contributed by atoms with Crippen molar-refractivity contribution in [1.29, 1.82) is 0 Å². The lowest BCUT2D eigenvalue weighted by atomic mass is 9.96. The summed E-state index contributed by atoms with van der Waals surface area (Å²) >= 11 is 0. The van der Waals surface area contributed by atoms with Gasteiger partial charge < -0.3 is 89.9 Å². The molecule has 17 atom stereocenters. The van der Waals surface area contributed by atoms with Crippen molar-refractivity contribution in [3.05, 3.63) is 60.8 Å². The third-order valence-corrected chi connectivity index (χ3v) is 15.8. The van der Waals surface area contributed by atoms with E-state index in [4.69, 9.17) is 28.4 Å². The summed E-state index contributed by atoms with van der Waals surface area (Å²) in [5.41, 5.74) is 0. The zero-order valence-corrected chi connectivity index (χ0v) is 50.4. The third-order valence-electron chi connectivity index (χ3n) is 15.8. The molecule has 482 valence electrons. The molecule has 3 saturated heterocycles. The Morgan fingerprint density at radius 2 is 0.807 bits per heavy atom. The topological polar surface area (TPSA) is 307 Å². The number of hydrogen-bond donors (Lipinski definition) is 12. The number of aliphatic hydroxyl groups is 11. The van der Waals surface area contributed by atoms with E-state index < -0.39 is 124 Å². The molecule has 17 unspecified atom stereocenters. The van der Waals surface area contributed by atoms with E-state index in [1.807, 2.05) is 6.08 Å². The molecule has 3 aliphatic heterocycles. The van der Waals surface area contributed by atoms with Gasteiger partial charge in [-0.05, 0) is 70.6 Å². The van der Waals surface area contributed by atoms with Crippen molar-refractivity contribution in [2.75, 3.05) is 26.4 Å². The van der Waals surface area contributed by atoms with Crippen LogP contribution in [0.2, 0.25) is 0 Å². The van der Waals surface area contributed by atoms with E-state index >= 15 is 0 Å². The summed E-state index contributed by atoms with van der Waals surface area (Å²) in [4.78, 5) is 13.4. The van der Waals surface area contributed by atoms with Gasteiger partial charge in [-0.2, -0.15) is 0 Å². The lowest BCUT2D eigenvalue weighted by molar-refractivity contribution is -0.379. The summed E-state index contributed by atoms with van der Waals surface area (Å²) in [6.45, 7) is 1.67. The number of hydrogen-bond acceptors (Lipinski definition) is 18. The van der Waals surface area contributed by atoms with Gasteiger partial charge in [0.2, 0.25) is 5.91 Å². The minimum Gasteiger partial charge on any atom is -0.394 e. The Morgan fingerprint density at radius 1 is 0.434 bits per heavy atom. The minimum atomic E-state index is -1.98. The number of aliphatic hydroxyl groups excluding tert-OH is 11. The second-order valence-electron chi connectivity index (χ2n) is 22.9. The highest BCUT2D eigenvalue weighted by molar-refractivity contribution is 5.76. The summed E-state index contributed by atoms with van der Waals surface area (Å²) in [6, 6.07) is -0.996. The Balaban J connectivity index is 1.48. The number of carbonyl (C=O) groups is 1. The van der Waals surface area contributed by atoms with Gasteiger partial charge >= 0.3 is 0 Å². The standard InChI is InChI=1S/C64H113NO18/c1-3-5-7-9-11-13-15-17-19-20-21-22-23-24-25-26-28-30-32-34-36-38-40-42-52(70)65-47(48(69)41-39-37-35-33-31-29-27-18-16-14-12-10-8-6-4-2)46-78-62-58(76)55(73)60(50(44-67)80-62)83-64-59(77)56(74)61(51(45-68)81-64)82-63-57(75)54(72)53(71)49(43-66)79-63/h15,17,20-21,23-24,31,33,39,41,47-51,53-64,66-69,71-77H,3-14,16,18-19,22,25-30,32,34-38,40,42-46H2,1-2H3,(H,65,70)/b17-15-,21-20-,24-23-,33-31+,41-39+. The number of carbonyl (C=O) groups excluding carboxylic acids is 1. The lowest BCUT2D eigenvalue weighted by Crippen LogP contribution is -2.66. The van der Waals surface area contributed by atoms with Gasteiger partial charge in [-0.3, -0.25) is 4.79 Å². The summed E-state index contributed by atoms with van der Waals surface area (Å²) in [5, 5.41) is 120. The van der Waals surface area contributed by atoms with Crippen molar-refractivity contribution in [2.24, 2.45) is 0 Å². The van der Waals surface area contributed by atoms with Crippen LogP contribution in [-0.4, -0.2) is 193 Å². The van der Waals surface area contributed by atoms with Crippen LogP contribution in [0.3, 0.4) is 0 Å². The molecule has 0 aromatic carbocycles. The number of unbranched alkanes of at least 4 members (excludes halogenated alkanes) is 23. The van der Waals surface area contributed by atoms with E-state index in [0.29, 0.717) is 12.8 Å². The van der Waals surface area contributed by atoms with E-state index in [9.17, 15) is 61.0 Å². The number of nitrogens with one attached hydrogen (secondary N) is 1. The third kappa shape index (κ3) is 29.8. The summed E-state index contributed by atoms with van der Waals surface area (Å²) < 4.78 is 34.2. The maximum absolute atomic E-state index is 13.4. The fraction of sp³-hybridized carbons (Fsp3) is 0.828. The van der Waals surface area contributed by atoms with Crippen molar-refractivity contribution >= 4 is 5.91 Å². The Kier molecular flexibility index (Phi) is 42.0. The average molecular weight is 1180 g/mol. The Morgan fingerprint density at radius 3 is 1.29 bits per heavy atom. The first-order chi connectivity index (χ1) is 40.3. The van der Waals surface area contributed by atoms with Gasteiger partial charge in [-0.1, -0.05) is 190 Å². The Hall–Kier alpha value is -2.51. The van der Waals surface area contributed by atoms with Crippen LogP contribution in [0, 0.1) is 0 Å². The molecule has 0 bridgehead atoms. The summed E-state index contributed by atoms with van der Waals surface area (Å²) in [5.74, 6) is -0.295. The molecule has 3 fully saturated rings. The number of allylic oxidation sites excluding steroid dienone is 9. The molecule has 3 aliphatic rings. The van der Waals surface area contributed by atoms with Gasteiger partial charge in [-0.15, -0.1) is 0 Å². The summed E-state index contributed by atoms with van der Waals surface area (Å²) in [7, 11) is 0. The molecule has 0 radical (unpaired) electrons. The van der Waals surface area contributed by atoms with Crippen LogP contribution in [0.15, 0.2) is 60.8 Å². The molecule has 3 heterocycles. The zero-order chi connectivity index (χ0) is 60.5. The van der Waals surface area contributed by atoms with E-state index in [1.54, 1.807) is 6.08 Å². The molecule has 0 aliphatic carbocycles. The maximum atomic E-state index is 13.4. The van der Waals surface area contributed by atoms with Crippen molar-refractivity contribution < 1.29 is 89.4 Å². The van der Waals surface area contributed by atoms with E-state index in [2.05, 4.69) is 67.8 Å². The van der Waals surface area contributed by atoms with Crippen LogP contribution in [0.25, 0.3) is 0 Å². The molecule has 3 rings (SSSR count). The molecule has 83 heavy (non-hydrogen) atoms. The monoisotopic (exact) mass is 1180 g/mol. The van der Waals surface area contributed by atoms with Gasteiger partial charge in [0.05, 0.1) is 38.6 Å². The minimum absolute atomic E-state index is 0.225. The average Bonchev–Trinajstić information content (AvgIpc) is 3.18. The van der Waals surface area contributed by atoms with Crippen molar-refractivity contribution in [3.63, 3.8) is 0 Å². The van der Waals surface area contributed by atoms with Gasteiger partial charge in [0.15, 0.2) is 18.9 Å².